The highest BCUT2D eigenvalue weighted by molar-refractivity contribution is 7.98. The molecule has 0 amide bonds. The lowest BCUT2D eigenvalue weighted by molar-refractivity contribution is -0.143. The van der Waals surface area contributed by atoms with Gasteiger partial charge in [-0.05, 0) is 17.7 Å². The Labute approximate surface area is 123 Å². The van der Waals surface area contributed by atoms with Crippen LogP contribution in [0.3, 0.4) is 0 Å². The molecule has 20 heavy (non-hydrogen) atoms. The highest BCUT2D eigenvalue weighted by Gasteiger charge is 2.12. The highest BCUT2D eigenvalue weighted by atomic mass is 32.2. The third-order valence-electron chi connectivity index (χ3n) is 2.98. The largest absolute Gasteiger partial charge is 0.469 e. The van der Waals surface area contributed by atoms with E-state index in [1.807, 2.05) is 17.7 Å². The average Bonchev–Trinajstić information content (AvgIpc) is 3.01. The number of carbonyl (C=O) groups is 1. The van der Waals surface area contributed by atoms with Crippen molar-refractivity contribution in [1.82, 2.24) is 9.55 Å². The minimum Gasteiger partial charge on any atom is -0.469 e. The zero-order valence-corrected chi connectivity index (χ0v) is 12.5. The van der Waals surface area contributed by atoms with E-state index < -0.39 is 0 Å². The smallest absolute Gasteiger partial charge is 0.309 e. The topological polar surface area (TPSA) is 44.1 Å². The molecule has 0 aliphatic carbocycles. The van der Waals surface area contributed by atoms with Gasteiger partial charge in [0.05, 0.1) is 19.4 Å². The van der Waals surface area contributed by atoms with Crippen LogP contribution in [0.1, 0.15) is 12.5 Å². The van der Waals surface area contributed by atoms with E-state index in [1.165, 1.54) is 12.7 Å². The molecule has 0 radical (unpaired) electrons. The fraction of sp³-hybridized carbons (Fsp3) is 0.333. The van der Waals surface area contributed by atoms with Gasteiger partial charge in [0.1, 0.15) is 0 Å². The molecule has 0 aliphatic heterocycles. The summed E-state index contributed by atoms with van der Waals surface area (Å²) in [6, 6.07) is 8.35. The van der Waals surface area contributed by atoms with Crippen LogP contribution in [-0.2, 0) is 15.3 Å². The number of ether oxygens (including phenoxy) is 1. The van der Waals surface area contributed by atoms with Crippen molar-refractivity contribution in [3.8, 4) is 5.69 Å². The fourth-order valence-electron chi connectivity index (χ4n) is 1.80. The molecule has 106 valence electrons. The van der Waals surface area contributed by atoms with Gasteiger partial charge in [-0.1, -0.05) is 19.1 Å². The summed E-state index contributed by atoms with van der Waals surface area (Å²) >= 11 is 1.74. The second-order valence-electron chi connectivity index (χ2n) is 4.58. The maximum atomic E-state index is 11.3. The lowest BCUT2D eigenvalue weighted by atomic mass is 10.2. The van der Waals surface area contributed by atoms with Crippen molar-refractivity contribution >= 4 is 17.7 Å². The van der Waals surface area contributed by atoms with Gasteiger partial charge in [-0.25, -0.2) is 4.98 Å². The van der Waals surface area contributed by atoms with Crippen molar-refractivity contribution in [1.29, 1.82) is 0 Å². The fourth-order valence-corrected chi connectivity index (χ4v) is 2.83. The van der Waals surface area contributed by atoms with Crippen LogP contribution in [0.25, 0.3) is 5.69 Å². The first-order chi connectivity index (χ1) is 9.70. The van der Waals surface area contributed by atoms with E-state index in [-0.39, 0.29) is 11.9 Å². The third-order valence-corrected chi connectivity index (χ3v) is 4.25. The van der Waals surface area contributed by atoms with E-state index in [0.29, 0.717) is 0 Å². The molecule has 1 heterocycles. The zero-order chi connectivity index (χ0) is 14.4. The van der Waals surface area contributed by atoms with Gasteiger partial charge in [0.25, 0.3) is 0 Å². The van der Waals surface area contributed by atoms with Gasteiger partial charge >= 0.3 is 5.97 Å². The Hall–Kier alpha value is -1.75. The van der Waals surface area contributed by atoms with Crippen LogP contribution in [-0.4, -0.2) is 28.4 Å². The minimum atomic E-state index is -0.145. The van der Waals surface area contributed by atoms with Crippen molar-refractivity contribution < 1.29 is 9.53 Å². The summed E-state index contributed by atoms with van der Waals surface area (Å²) in [5, 5.41) is 0. The standard InChI is InChI=1S/C15H18N2O2S/c1-12(15(18)19-2)9-20-10-13-3-5-14(6-4-13)17-8-7-16-11-17/h3-8,11-12H,9-10H2,1-2H3. The van der Waals surface area contributed by atoms with Crippen molar-refractivity contribution in [2.75, 3.05) is 12.9 Å². The average molecular weight is 290 g/mol. The number of nitrogens with zero attached hydrogens (tertiary/aromatic N) is 2. The maximum absolute atomic E-state index is 11.3. The molecule has 2 aromatic rings. The van der Waals surface area contributed by atoms with Crippen molar-refractivity contribution in [3.05, 3.63) is 48.5 Å². The number of methoxy groups -OCH3 is 1. The number of hydrogen-bond donors (Lipinski definition) is 0. The van der Waals surface area contributed by atoms with Gasteiger partial charge in [0.15, 0.2) is 0 Å². The van der Waals surface area contributed by atoms with E-state index in [2.05, 4.69) is 29.2 Å². The number of hydrogen-bond acceptors (Lipinski definition) is 4. The van der Waals surface area contributed by atoms with Crippen molar-refractivity contribution in [3.63, 3.8) is 0 Å². The second kappa shape index (κ2) is 7.14. The van der Waals surface area contributed by atoms with Crippen LogP contribution in [0.4, 0.5) is 0 Å². The number of imidazole rings is 1. The molecule has 1 aromatic heterocycles. The monoisotopic (exact) mass is 290 g/mol. The summed E-state index contributed by atoms with van der Waals surface area (Å²) < 4.78 is 6.68. The van der Waals surface area contributed by atoms with Gasteiger partial charge in [0, 0.05) is 29.6 Å². The maximum Gasteiger partial charge on any atom is 0.309 e. The Morgan fingerprint density at radius 1 is 1.40 bits per heavy atom. The van der Waals surface area contributed by atoms with Crippen LogP contribution >= 0.6 is 11.8 Å². The SMILES string of the molecule is COC(=O)C(C)CSCc1ccc(-n2ccnc2)cc1. The molecule has 1 unspecified atom stereocenters. The molecule has 4 nitrogen and oxygen atoms in total. The van der Waals surface area contributed by atoms with E-state index in [0.717, 1.165) is 17.2 Å². The molecule has 0 saturated carbocycles. The number of esters is 1. The van der Waals surface area contributed by atoms with Crippen LogP contribution in [0.15, 0.2) is 43.0 Å². The van der Waals surface area contributed by atoms with Gasteiger partial charge in [0.2, 0.25) is 0 Å². The Bertz CT molecular complexity index is 538. The highest BCUT2D eigenvalue weighted by Crippen LogP contribution is 2.17. The molecule has 0 bridgehead atoms. The van der Waals surface area contributed by atoms with Crippen molar-refractivity contribution in [2.24, 2.45) is 5.92 Å². The lowest BCUT2D eigenvalue weighted by Crippen LogP contribution is -2.14. The summed E-state index contributed by atoms with van der Waals surface area (Å²) in [4.78, 5) is 15.3. The molecule has 0 spiro atoms. The van der Waals surface area contributed by atoms with Crippen LogP contribution in [0, 0.1) is 5.92 Å². The van der Waals surface area contributed by atoms with Crippen molar-refractivity contribution in [2.45, 2.75) is 12.7 Å². The number of benzene rings is 1. The molecule has 0 aliphatic rings. The molecule has 0 saturated heterocycles. The molecular weight excluding hydrogens is 272 g/mol. The molecule has 2 rings (SSSR count). The van der Waals surface area contributed by atoms with Crippen LogP contribution in [0.2, 0.25) is 0 Å². The zero-order valence-electron chi connectivity index (χ0n) is 11.7. The first-order valence-corrected chi connectivity index (χ1v) is 7.59. The van der Waals surface area contributed by atoms with E-state index in [4.69, 9.17) is 4.74 Å². The molecule has 1 atom stereocenters. The Morgan fingerprint density at radius 2 is 2.15 bits per heavy atom. The lowest BCUT2D eigenvalue weighted by Gasteiger charge is -2.09. The Balaban J connectivity index is 1.84. The van der Waals surface area contributed by atoms with E-state index in [1.54, 1.807) is 24.3 Å². The van der Waals surface area contributed by atoms with Gasteiger partial charge in [-0.15, -0.1) is 0 Å². The summed E-state index contributed by atoms with van der Waals surface area (Å²) in [7, 11) is 1.43. The minimum absolute atomic E-state index is 0.0600. The second-order valence-corrected chi connectivity index (χ2v) is 5.61. The molecular formula is C15H18N2O2S. The Kier molecular flexibility index (Phi) is 5.24. The quantitative estimate of drug-likeness (QED) is 0.767. The molecule has 5 heteroatoms. The van der Waals surface area contributed by atoms with Crippen LogP contribution in [0.5, 0.6) is 0 Å². The van der Waals surface area contributed by atoms with Gasteiger partial charge in [-0.2, -0.15) is 11.8 Å². The predicted molar refractivity (Wildman–Crippen MR) is 80.9 cm³/mol. The normalized spacial score (nSPS) is 12.1. The first kappa shape index (κ1) is 14.7. The molecule has 0 fully saturated rings. The van der Waals surface area contributed by atoms with Gasteiger partial charge < -0.3 is 9.30 Å². The van der Waals surface area contributed by atoms with Crippen LogP contribution < -0.4 is 0 Å². The van der Waals surface area contributed by atoms with E-state index >= 15 is 0 Å². The number of carbonyl (C=O) groups excluding carboxylic acids is 1. The number of rotatable bonds is 6. The number of thioether (sulfide) groups is 1. The van der Waals surface area contributed by atoms with E-state index in [9.17, 15) is 4.79 Å². The summed E-state index contributed by atoms with van der Waals surface area (Å²) in [5.74, 6) is 1.46. The molecule has 0 N–H and O–H groups in total. The molecule has 1 aromatic carbocycles. The summed E-state index contributed by atoms with van der Waals surface area (Å²) in [6.45, 7) is 1.89. The number of aromatic nitrogens is 2. The summed E-state index contributed by atoms with van der Waals surface area (Å²) in [5.41, 5.74) is 2.34. The summed E-state index contributed by atoms with van der Waals surface area (Å²) in [6.07, 6.45) is 5.46. The van der Waals surface area contributed by atoms with Gasteiger partial charge in [-0.3, -0.25) is 4.79 Å². The predicted octanol–water partition coefficient (Wildman–Crippen LogP) is 2.91. The first-order valence-electron chi connectivity index (χ1n) is 6.43. The third kappa shape index (κ3) is 3.87. The Morgan fingerprint density at radius 3 is 2.75 bits per heavy atom.